The molecule has 2 rings (SSSR count). The minimum Gasteiger partial charge on any atom is -0.467 e. The van der Waals surface area contributed by atoms with E-state index >= 15 is 0 Å². The highest BCUT2D eigenvalue weighted by molar-refractivity contribution is 5.17. The Morgan fingerprint density at radius 3 is 1.29 bits per heavy atom. The van der Waals surface area contributed by atoms with Gasteiger partial charge in [-0.2, -0.15) is 0 Å². The molecule has 0 bridgehead atoms. The molecule has 0 unspecified atom stereocenters. The zero-order valence-electron chi connectivity index (χ0n) is 15.4. The van der Waals surface area contributed by atoms with Crippen LogP contribution in [0.25, 0.3) is 0 Å². The molecule has 0 radical (unpaired) electrons. The molecule has 0 aromatic heterocycles. The van der Waals surface area contributed by atoms with E-state index in [9.17, 15) is 0 Å². The number of rotatable bonds is 2. The minimum atomic E-state index is 0.233. The molecular weight excluding hydrogens is 256 g/mol. The standard InChI is InChI=1S/C20H34O/c1-17(2)9-15(10-18(3,4)13-17)21-16-11-19(5,6)14-20(7,8)12-16/h9,11H,10,12-14H2,1-8H3. The van der Waals surface area contributed by atoms with Gasteiger partial charge in [0.1, 0.15) is 11.5 Å². The van der Waals surface area contributed by atoms with E-state index in [1.165, 1.54) is 24.4 Å². The average molecular weight is 290 g/mol. The van der Waals surface area contributed by atoms with E-state index in [-0.39, 0.29) is 10.8 Å². The van der Waals surface area contributed by atoms with Gasteiger partial charge in [0.2, 0.25) is 0 Å². The van der Waals surface area contributed by atoms with Crippen LogP contribution in [0.3, 0.4) is 0 Å². The van der Waals surface area contributed by atoms with Crippen LogP contribution in [0.2, 0.25) is 0 Å². The quantitative estimate of drug-likeness (QED) is 0.567. The van der Waals surface area contributed by atoms with E-state index in [2.05, 4.69) is 67.5 Å². The van der Waals surface area contributed by atoms with Gasteiger partial charge in [0.15, 0.2) is 0 Å². The molecule has 120 valence electrons. The van der Waals surface area contributed by atoms with Gasteiger partial charge < -0.3 is 4.74 Å². The van der Waals surface area contributed by atoms with E-state index < -0.39 is 0 Å². The lowest BCUT2D eigenvalue weighted by Gasteiger charge is -2.41. The number of hydrogen-bond acceptors (Lipinski definition) is 1. The Kier molecular flexibility index (Phi) is 3.88. The van der Waals surface area contributed by atoms with Gasteiger partial charge in [-0.1, -0.05) is 55.4 Å². The lowest BCUT2D eigenvalue weighted by atomic mass is 9.68. The summed E-state index contributed by atoms with van der Waals surface area (Å²) >= 11 is 0. The van der Waals surface area contributed by atoms with Crippen molar-refractivity contribution < 1.29 is 4.74 Å². The fraction of sp³-hybridized carbons (Fsp3) is 0.800. The van der Waals surface area contributed by atoms with Crippen LogP contribution in [-0.4, -0.2) is 0 Å². The van der Waals surface area contributed by atoms with Gasteiger partial charge in [0.25, 0.3) is 0 Å². The molecule has 0 atom stereocenters. The van der Waals surface area contributed by atoms with Crippen LogP contribution in [0.5, 0.6) is 0 Å². The second kappa shape index (κ2) is 4.89. The highest BCUT2D eigenvalue weighted by Crippen LogP contribution is 2.48. The van der Waals surface area contributed by atoms with Crippen molar-refractivity contribution in [3.8, 4) is 0 Å². The molecule has 0 fully saturated rings. The summed E-state index contributed by atoms with van der Waals surface area (Å²) in [6, 6.07) is 0. The van der Waals surface area contributed by atoms with E-state index in [1.54, 1.807) is 0 Å². The maximum Gasteiger partial charge on any atom is 0.101 e. The van der Waals surface area contributed by atoms with Gasteiger partial charge in [-0.05, 0) is 46.7 Å². The Bertz CT molecular complexity index is 428. The third kappa shape index (κ3) is 4.63. The van der Waals surface area contributed by atoms with Gasteiger partial charge in [-0.15, -0.1) is 0 Å². The first-order chi connectivity index (χ1) is 9.28. The fourth-order valence-corrected chi connectivity index (χ4v) is 4.91. The van der Waals surface area contributed by atoms with Crippen LogP contribution >= 0.6 is 0 Å². The Morgan fingerprint density at radius 1 is 0.667 bits per heavy atom. The highest BCUT2D eigenvalue weighted by Gasteiger charge is 2.37. The molecule has 0 saturated heterocycles. The molecule has 2 aliphatic rings. The topological polar surface area (TPSA) is 9.23 Å². The Morgan fingerprint density at radius 2 is 1.00 bits per heavy atom. The molecule has 1 nitrogen and oxygen atoms in total. The monoisotopic (exact) mass is 290 g/mol. The number of hydrogen-bond donors (Lipinski definition) is 0. The van der Waals surface area contributed by atoms with Crippen LogP contribution < -0.4 is 0 Å². The summed E-state index contributed by atoms with van der Waals surface area (Å²) in [6.07, 6.45) is 9.26. The first kappa shape index (κ1) is 16.6. The molecule has 0 aromatic carbocycles. The zero-order chi connectivity index (χ0) is 16.1. The van der Waals surface area contributed by atoms with Gasteiger partial charge in [-0.3, -0.25) is 0 Å². The number of ether oxygens (including phenoxy) is 1. The van der Waals surface area contributed by atoms with Gasteiger partial charge in [0.05, 0.1) is 0 Å². The molecule has 21 heavy (non-hydrogen) atoms. The summed E-state index contributed by atoms with van der Waals surface area (Å²) in [5.41, 5.74) is 1.12. The lowest BCUT2D eigenvalue weighted by Crippen LogP contribution is -2.30. The van der Waals surface area contributed by atoms with E-state index in [0.29, 0.717) is 10.8 Å². The third-order valence-electron chi connectivity index (χ3n) is 4.54. The smallest absolute Gasteiger partial charge is 0.101 e. The summed E-state index contributed by atoms with van der Waals surface area (Å²) in [7, 11) is 0. The van der Waals surface area contributed by atoms with Crippen molar-refractivity contribution in [2.75, 3.05) is 0 Å². The Labute approximate surface area is 131 Å². The molecule has 0 saturated carbocycles. The first-order valence-corrected chi connectivity index (χ1v) is 8.39. The molecule has 0 N–H and O–H groups in total. The highest BCUT2D eigenvalue weighted by atomic mass is 16.5. The molecule has 0 aliphatic heterocycles. The Hall–Kier alpha value is -0.720. The molecule has 0 aromatic rings. The van der Waals surface area contributed by atoms with Crippen LogP contribution in [0.4, 0.5) is 0 Å². The van der Waals surface area contributed by atoms with Crippen LogP contribution in [0.15, 0.2) is 23.7 Å². The molecule has 0 heterocycles. The zero-order valence-corrected chi connectivity index (χ0v) is 15.4. The fourth-order valence-electron chi connectivity index (χ4n) is 4.91. The van der Waals surface area contributed by atoms with Crippen LogP contribution in [0, 0.1) is 21.7 Å². The minimum absolute atomic E-state index is 0.233. The van der Waals surface area contributed by atoms with Crippen LogP contribution in [0.1, 0.15) is 81.1 Å². The second-order valence-electron chi connectivity index (χ2n) is 10.3. The van der Waals surface area contributed by atoms with E-state index in [0.717, 1.165) is 12.8 Å². The van der Waals surface area contributed by atoms with Crippen molar-refractivity contribution >= 4 is 0 Å². The van der Waals surface area contributed by atoms with Crippen LogP contribution in [-0.2, 0) is 4.74 Å². The molecular formula is C20H34O. The first-order valence-electron chi connectivity index (χ1n) is 8.39. The second-order valence-corrected chi connectivity index (χ2v) is 10.3. The van der Waals surface area contributed by atoms with Gasteiger partial charge in [-0.25, -0.2) is 0 Å². The molecule has 1 heteroatoms. The van der Waals surface area contributed by atoms with E-state index in [1.807, 2.05) is 0 Å². The summed E-state index contributed by atoms with van der Waals surface area (Å²) in [4.78, 5) is 0. The largest absolute Gasteiger partial charge is 0.467 e. The van der Waals surface area contributed by atoms with Crippen molar-refractivity contribution in [1.82, 2.24) is 0 Å². The molecule has 0 spiro atoms. The predicted octanol–water partition coefficient (Wildman–Crippen LogP) is 6.46. The lowest BCUT2D eigenvalue weighted by molar-refractivity contribution is 0.121. The normalized spacial score (nSPS) is 29.3. The third-order valence-corrected chi connectivity index (χ3v) is 4.54. The van der Waals surface area contributed by atoms with Crippen molar-refractivity contribution in [3.63, 3.8) is 0 Å². The van der Waals surface area contributed by atoms with Gasteiger partial charge in [0, 0.05) is 12.8 Å². The summed E-state index contributed by atoms with van der Waals surface area (Å²) in [6.45, 7) is 18.7. The SMILES string of the molecule is CC1(C)C=C(OC2=CC(C)(C)CC(C)(C)C2)CC(C)(C)C1. The maximum atomic E-state index is 6.40. The summed E-state index contributed by atoms with van der Waals surface area (Å²) in [5, 5.41) is 0. The van der Waals surface area contributed by atoms with Gasteiger partial charge >= 0.3 is 0 Å². The molecule has 0 amide bonds. The van der Waals surface area contributed by atoms with Crippen molar-refractivity contribution in [3.05, 3.63) is 23.7 Å². The van der Waals surface area contributed by atoms with Crippen molar-refractivity contribution in [2.45, 2.75) is 81.1 Å². The van der Waals surface area contributed by atoms with E-state index in [4.69, 9.17) is 4.74 Å². The molecule has 2 aliphatic carbocycles. The summed E-state index contributed by atoms with van der Waals surface area (Å²) < 4.78 is 6.40. The maximum absolute atomic E-state index is 6.40. The van der Waals surface area contributed by atoms with Crippen molar-refractivity contribution in [2.24, 2.45) is 21.7 Å². The summed E-state index contributed by atoms with van der Waals surface area (Å²) in [5.74, 6) is 2.35. The van der Waals surface area contributed by atoms with Crippen molar-refractivity contribution in [1.29, 1.82) is 0 Å². The predicted molar refractivity (Wildman–Crippen MR) is 90.8 cm³/mol. The average Bonchev–Trinajstić information content (AvgIpc) is 2.04. The Balaban J connectivity index is 2.21. The number of allylic oxidation sites excluding steroid dienone is 4.